The van der Waals surface area contributed by atoms with Gasteiger partial charge in [-0.15, -0.1) is 0 Å². The topological polar surface area (TPSA) is 47.6 Å². The second kappa shape index (κ2) is 4.34. The van der Waals surface area contributed by atoms with E-state index < -0.39 is 0 Å². The van der Waals surface area contributed by atoms with Crippen LogP contribution in [0, 0.1) is 0 Å². The highest BCUT2D eigenvalue weighted by Crippen LogP contribution is 2.14. The van der Waals surface area contributed by atoms with E-state index >= 15 is 0 Å². The van der Waals surface area contributed by atoms with E-state index in [1.165, 1.54) is 0 Å². The molecule has 0 aromatic heterocycles. The van der Waals surface area contributed by atoms with Crippen molar-refractivity contribution >= 4 is 5.84 Å². The molecule has 0 aliphatic carbocycles. The van der Waals surface area contributed by atoms with Crippen LogP contribution in [0.3, 0.4) is 0 Å². The molecule has 11 heavy (non-hydrogen) atoms. The molecule has 1 unspecified atom stereocenters. The van der Waals surface area contributed by atoms with Crippen LogP contribution in [0.1, 0.15) is 27.2 Å². The number of hydrogen-bond acceptors (Lipinski definition) is 2. The number of hydrogen-bond donors (Lipinski definition) is 1. The highest BCUT2D eigenvalue weighted by atomic mass is 16.5. The number of nitrogens with two attached hydrogens (primary N) is 1. The zero-order chi connectivity index (χ0) is 8.91. The molecular formula is C8H18N2O. The first-order chi connectivity index (χ1) is 5.10. The molecule has 0 bridgehead atoms. The van der Waals surface area contributed by atoms with Crippen LogP contribution in [0.25, 0.3) is 0 Å². The smallest absolute Gasteiger partial charge is 0.126 e. The van der Waals surface area contributed by atoms with Crippen molar-refractivity contribution in [3.8, 4) is 0 Å². The molecule has 3 heteroatoms. The minimum atomic E-state index is -0.372. The summed E-state index contributed by atoms with van der Waals surface area (Å²) in [6, 6.07) is 0. The first kappa shape index (κ1) is 10.4. The second-order valence-electron chi connectivity index (χ2n) is 2.63. The summed E-state index contributed by atoms with van der Waals surface area (Å²) in [5.74, 6) is 0.571. The van der Waals surface area contributed by atoms with Gasteiger partial charge < -0.3 is 10.5 Å². The summed E-state index contributed by atoms with van der Waals surface area (Å²) in [4.78, 5) is 3.92. The van der Waals surface area contributed by atoms with Crippen molar-refractivity contribution in [2.75, 3.05) is 13.7 Å². The average Bonchev–Trinajstić information content (AvgIpc) is 2.03. The normalized spacial score (nSPS) is 18.0. The number of ether oxygens (including phenoxy) is 1. The molecule has 66 valence electrons. The van der Waals surface area contributed by atoms with Gasteiger partial charge in [0, 0.05) is 13.7 Å². The Morgan fingerprint density at radius 2 is 2.09 bits per heavy atom. The van der Waals surface area contributed by atoms with E-state index in [0.717, 1.165) is 6.42 Å². The Labute approximate surface area is 68.6 Å². The van der Waals surface area contributed by atoms with Gasteiger partial charge >= 0.3 is 0 Å². The molecule has 0 spiro atoms. The molecule has 0 aliphatic rings. The molecule has 0 aliphatic heterocycles. The Bertz CT molecular complexity index is 145. The molecule has 0 aromatic rings. The Morgan fingerprint density at radius 3 is 2.36 bits per heavy atom. The third-order valence-corrected chi connectivity index (χ3v) is 1.92. The summed E-state index contributed by atoms with van der Waals surface area (Å²) in [7, 11) is 1.68. The second-order valence-corrected chi connectivity index (χ2v) is 2.63. The van der Waals surface area contributed by atoms with E-state index in [1.54, 1.807) is 7.05 Å². The fraction of sp³-hybridized carbons (Fsp3) is 0.875. The number of amidine groups is 1. The SMILES string of the molecule is CCOC(C)(CC)C(N)=NC. The maximum absolute atomic E-state index is 5.67. The maximum Gasteiger partial charge on any atom is 0.126 e. The van der Waals surface area contributed by atoms with Crippen molar-refractivity contribution in [1.29, 1.82) is 0 Å². The highest BCUT2D eigenvalue weighted by Gasteiger charge is 2.26. The lowest BCUT2D eigenvalue weighted by Crippen LogP contribution is -2.43. The lowest BCUT2D eigenvalue weighted by molar-refractivity contribution is 0.0259. The zero-order valence-corrected chi connectivity index (χ0v) is 7.85. The summed E-state index contributed by atoms with van der Waals surface area (Å²) in [5, 5.41) is 0. The third-order valence-electron chi connectivity index (χ3n) is 1.92. The van der Waals surface area contributed by atoms with E-state index in [2.05, 4.69) is 4.99 Å². The third kappa shape index (κ3) is 2.50. The van der Waals surface area contributed by atoms with Gasteiger partial charge in [0.1, 0.15) is 11.4 Å². The van der Waals surface area contributed by atoms with E-state index in [1.807, 2.05) is 20.8 Å². The number of rotatable bonds is 4. The van der Waals surface area contributed by atoms with E-state index in [4.69, 9.17) is 10.5 Å². The molecule has 0 radical (unpaired) electrons. The minimum Gasteiger partial charge on any atom is -0.385 e. The summed E-state index contributed by atoms with van der Waals surface area (Å²) < 4.78 is 5.48. The average molecular weight is 158 g/mol. The maximum atomic E-state index is 5.67. The Morgan fingerprint density at radius 1 is 1.55 bits per heavy atom. The van der Waals surface area contributed by atoms with Crippen molar-refractivity contribution in [3.05, 3.63) is 0 Å². The monoisotopic (exact) mass is 158 g/mol. The number of nitrogens with zero attached hydrogens (tertiary/aromatic N) is 1. The molecule has 0 aromatic carbocycles. The Hall–Kier alpha value is -0.570. The van der Waals surface area contributed by atoms with Crippen LogP contribution in [0.5, 0.6) is 0 Å². The summed E-state index contributed by atoms with van der Waals surface area (Å²) in [5.41, 5.74) is 5.30. The van der Waals surface area contributed by atoms with E-state index in [-0.39, 0.29) is 5.60 Å². The van der Waals surface area contributed by atoms with Gasteiger partial charge in [-0.1, -0.05) is 6.92 Å². The zero-order valence-electron chi connectivity index (χ0n) is 7.85. The predicted molar refractivity (Wildman–Crippen MR) is 47.9 cm³/mol. The highest BCUT2D eigenvalue weighted by molar-refractivity contribution is 5.88. The Kier molecular flexibility index (Phi) is 4.11. The molecule has 0 heterocycles. The lowest BCUT2D eigenvalue weighted by atomic mass is 10.0. The minimum absolute atomic E-state index is 0.372. The quantitative estimate of drug-likeness (QED) is 0.493. The van der Waals surface area contributed by atoms with Gasteiger partial charge in [0.25, 0.3) is 0 Å². The van der Waals surface area contributed by atoms with Crippen molar-refractivity contribution < 1.29 is 4.74 Å². The van der Waals surface area contributed by atoms with Crippen molar-refractivity contribution in [3.63, 3.8) is 0 Å². The largest absolute Gasteiger partial charge is 0.385 e. The van der Waals surface area contributed by atoms with Crippen LogP contribution in [-0.4, -0.2) is 25.1 Å². The van der Waals surface area contributed by atoms with Crippen LogP contribution in [0.2, 0.25) is 0 Å². The molecule has 3 nitrogen and oxygen atoms in total. The van der Waals surface area contributed by atoms with Gasteiger partial charge in [0.15, 0.2) is 0 Å². The first-order valence-corrected chi connectivity index (χ1v) is 3.97. The molecule has 0 rings (SSSR count). The van der Waals surface area contributed by atoms with Crippen LogP contribution in [0.4, 0.5) is 0 Å². The van der Waals surface area contributed by atoms with Gasteiger partial charge in [0.05, 0.1) is 0 Å². The molecule has 2 N–H and O–H groups in total. The van der Waals surface area contributed by atoms with Crippen molar-refractivity contribution in [2.45, 2.75) is 32.8 Å². The Balaban J connectivity index is 4.32. The van der Waals surface area contributed by atoms with Gasteiger partial charge in [-0.2, -0.15) is 0 Å². The van der Waals surface area contributed by atoms with Gasteiger partial charge in [-0.25, -0.2) is 0 Å². The predicted octanol–water partition coefficient (Wildman–Crippen LogP) is 1.18. The molecular weight excluding hydrogens is 140 g/mol. The van der Waals surface area contributed by atoms with E-state index in [0.29, 0.717) is 12.4 Å². The van der Waals surface area contributed by atoms with Crippen LogP contribution in [0.15, 0.2) is 4.99 Å². The van der Waals surface area contributed by atoms with Crippen molar-refractivity contribution in [2.24, 2.45) is 10.7 Å². The van der Waals surface area contributed by atoms with Crippen LogP contribution >= 0.6 is 0 Å². The fourth-order valence-electron chi connectivity index (χ4n) is 0.912. The van der Waals surface area contributed by atoms with Crippen LogP contribution in [-0.2, 0) is 4.74 Å². The van der Waals surface area contributed by atoms with Gasteiger partial charge in [-0.3, -0.25) is 4.99 Å². The van der Waals surface area contributed by atoms with Gasteiger partial charge in [0.2, 0.25) is 0 Å². The van der Waals surface area contributed by atoms with Gasteiger partial charge in [-0.05, 0) is 20.3 Å². The molecule has 0 fully saturated rings. The van der Waals surface area contributed by atoms with E-state index in [9.17, 15) is 0 Å². The molecule has 0 saturated carbocycles. The molecule has 0 saturated heterocycles. The van der Waals surface area contributed by atoms with Crippen LogP contribution < -0.4 is 5.73 Å². The first-order valence-electron chi connectivity index (χ1n) is 3.97. The summed E-state index contributed by atoms with van der Waals surface area (Å²) in [6.45, 7) is 6.62. The molecule has 1 atom stereocenters. The lowest BCUT2D eigenvalue weighted by Gasteiger charge is -2.27. The summed E-state index contributed by atoms with van der Waals surface area (Å²) >= 11 is 0. The fourth-order valence-corrected chi connectivity index (χ4v) is 0.912. The summed E-state index contributed by atoms with van der Waals surface area (Å²) in [6.07, 6.45) is 0.851. The van der Waals surface area contributed by atoms with Crippen molar-refractivity contribution in [1.82, 2.24) is 0 Å². The molecule has 0 amide bonds. The number of aliphatic imine (C=N–C) groups is 1. The standard InChI is InChI=1S/C8H18N2O/c1-5-8(3,11-6-2)7(9)10-4/h5-6H2,1-4H3,(H2,9,10).